The number of urea groups is 1. The highest BCUT2D eigenvalue weighted by atomic mass is 19.1. The fourth-order valence-electron chi connectivity index (χ4n) is 3.90. The van der Waals surface area contributed by atoms with Crippen LogP contribution in [0.1, 0.15) is 23.2 Å². The molecule has 0 spiro atoms. The maximum absolute atomic E-state index is 13.0. The third kappa shape index (κ3) is 3.77. The highest BCUT2D eigenvalue weighted by molar-refractivity contribution is 5.94. The Morgan fingerprint density at radius 3 is 2.48 bits per heavy atom. The standard InChI is InChI=1S/C20H21FN4O2/c21-16-2-4-17(5-3-16)23-20(27)25-12-14-1-6-18(25)13-24(11-14)19(26)15-7-9-22-10-8-15/h2-5,7-10,14,18H,1,6,11-13H2,(H,23,27)/t14-,18+/m0/s1. The second-order valence-corrected chi connectivity index (χ2v) is 7.13. The van der Waals surface area contributed by atoms with E-state index in [1.807, 2.05) is 9.80 Å². The minimum absolute atomic E-state index is 0.0184. The monoisotopic (exact) mass is 368 g/mol. The van der Waals surface area contributed by atoms with Gasteiger partial charge < -0.3 is 15.1 Å². The van der Waals surface area contributed by atoms with Crippen molar-refractivity contribution in [2.24, 2.45) is 5.92 Å². The molecule has 1 N–H and O–H groups in total. The molecule has 3 fully saturated rings. The molecule has 0 unspecified atom stereocenters. The Kier molecular flexibility index (Phi) is 4.75. The lowest BCUT2D eigenvalue weighted by molar-refractivity contribution is 0.0743. The number of benzene rings is 1. The topological polar surface area (TPSA) is 65.5 Å². The maximum atomic E-state index is 13.0. The van der Waals surface area contributed by atoms with Gasteiger partial charge in [-0.2, -0.15) is 0 Å². The van der Waals surface area contributed by atoms with Crippen molar-refractivity contribution in [1.29, 1.82) is 0 Å². The molecule has 0 radical (unpaired) electrons. The number of fused-ring (bicyclic) bond motifs is 4. The molecular formula is C20H21FN4O2. The fraction of sp³-hybridized carbons (Fsp3) is 0.350. The number of aromatic nitrogens is 1. The lowest BCUT2D eigenvalue weighted by Gasteiger charge is -2.35. The third-order valence-corrected chi connectivity index (χ3v) is 5.28. The molecule has 140 valence electrons. The van der Waals surface area contributed by atoms with Gasteiger partial charge in [-0.3, -0.25) is 9.78 Å². The van der Waals surface area contributed by atoms with E-state index in [1.165, 1.54) is 12.1 Å². The van der Waals surface area contributed by atoms with Gasteiger partial charge in [-0.25, -0.2) is 9.18 Å². The normalized spacial score (nSPS) is 21.7. The summed E-state index contributed by atoms with van der Waals surface area (Å²) in [6, 6.07) is 8.94. The zero-order valence-electron chi connectivity index (χ0n) is 14.8. The van der Waals surface area contributed by atoms with Crippen molar-refractivity contribution in [1.82, 2.24) is 14.8 Å². The molecule has 0 saturated carbocycles. The summed E-state index contributed by atoms with van der Waals surface area (Å²) in [4.78, 5) is 33.2. The van der Waals surface area contributed by atoms with E-state index in [4.69, 9.17) is 0 Å². The first-order valence-electron chi connectivity index (χ1n) is 9.12. The Labute approximate surface area is 157 Å². The Morgan fingerprint density at radius 1 is 1.00 bits per heavy atom. The number of nitrogens with one attached hydrogen (secondary N) is 1. The summed E-state index contributed by atoms with van der Waals surface area (Å²) in [6.07, 6.45) is 5.11. The largest absolute Gasteiger partial charge is 0.336 e. The molecule has 7 heteroatoms. The molecule has 2 aromatic rings. The number of carbonyl (C=O) groups is 2. The molecule has 1 aromatic heterocycles. The van der Waals surface area contributed by atoms with Crippen LogP contribution >= 0.6 is 0 Å². The van der Waals surface area contributed by atoms with Gasteiger partial charge in [-0.15, -0.1) is 0 Å². The van der Waals surface area contributed by atoms with E-state index >= 15 is 0 Å². The maximum Gasteiger partial charge on any atom is 0.322 e. The Balaban J connectivity index is 1.47. The zero-order valence-corrected chi connectivity index (χ0v) is 14.8. The average Bonchev–Trinajstić information content (AvgIpc) is 3.02. The van der Waals surface area contributed by atoms with Gasteiger partial charge in [0.2, 0.25) is 0 Å². The summed E-state index contributed by atoms with van der Waals surface area (Å²) >= 11 is 0. The van der Waals surface area contributed by atoms with Crippen molar-refractivity contribution in [3.63, 3.8) is 0 Å². The lowest BCUT2D eigenvalue weighted by atomic mass is 9.95. The molecule has 2 bridgehead atoms. The number of halogens is 1. The minimum atomic E-state index is -0.341. The van der Waals surface area contributed by atoms with Crippen molar-refractivity contribution in [2.45, 2.75) is 18.9 Å². The fourth-order valence-corrected chi connectivity index (χ4v) is 3.90. The molecule has 3 aliphatic heterocycles. The van der Waals surface area contributed by atoms with Gasteiger partial charge in [0.05, 0.1) is 6.04 Å². The van der Waals surface area contributed by atoms with Crippen molar-refractivity contribution in [3.8, 4) is 0 Å². The van der Waals surface area contributed by atoms with E-state index in [1.54, 1.807) is 36.7 Å². The van der Waals surface area contributed by atoms with Crippen LogP contribution in [0, 0.1) is 11.7 Å². The van der Waals surface area contributed by atoms with Crippen LogP contribution in [-0.4, -0.2) is 52.4 Å². The van der Waals surface area contributed by atoms with Crippen LogP contribution in [0.3, 0.4) is 0 Å². The van der Waals surface area contributed by atoms with Crippen molar-refractivity contribution < 1.29 is 14.0 Å². The molecule has 2 atom stereocenters. The SMILES string of the molecule is O=C(c1ccncc1)N1C[C@@H]2CC[C@H](C1)N(C(=O)Nc1ccc(F)cc1)C2. The van der Waals surface area contributed by atoms with E-state index in [-0.39, 0.29) is 29.7 Å². The quantitative estimate of drug-likeness (QED) is 0.886. The molecule has 3 saturated heterocycles. The van der Waals surface area contributed by atoms with Crippen LogP contribution in [0.4, 0.5) is 14.9 Å². The first-order chi connectivity index (χ1) is 13.1. The second kappa shape index (κ2) is 7.34. The van der Waals surface area contributed by atoms with Gasteiger partial charge in [0.15, 0.2) is 0 Å². The summed E-state index contributed by atoms with van der Waals surface area (Å²) in [7, 11) is 0. The summed E-state index contributed by atoms with van der Waals surface area (Å²) < 4.78 is 13.0. The summed E-state index contributed by atoms with van der Waals surface area (Å²) in [5.41, 5.74) is 1.18. The highest BCUT2D eigenvalue weighted by Crippen LogP contribution is 2.29. The molecule has 0 aliphatic carbocycles. The predicted molar refractivity (Wildman–Crippen MR) is 98.8 cm³/mol. The van der Waals surface area contributed by atoms with Crippen molar-refractivity contribution in [3.05, 3.63) is 60.2 Å². The van der Waals surface area contributed by atoms with Crippen LogP contribution < -0.4 is 5.32 Å². The van der Waals surface area contributed by atoms with Gasteiger partial charge in [0, 0.05) is 43.3 Å². The molecule has 1 aromatic carbocycles. The number of anilines is 1. The minimum Gasteiger partial charge on any atom is -0.336 e. The Hall–Kier alpha value is -2.96. The Morgan fingerprint density at radius 2 is 1.74 bits per heavy atom. The van der Waals surface area contributed by atoms with Gasteiger partial charge >= 0.3 is 6.03 Å². The van der Waals surface area contributed by atoms with Gasteiger partial charge in [-0.1, -0.05) is 0 Å². The zero-order chi connectivity index (χ0) is 18.8. The molecule has 6 nitrogen and oxygen atoms in total. The van der Waals surface area contributed by atoms with E-state index in [0.29, 0.717) is 30.9 Å². The van der Waals surface area contributed by atoms with Crippen LogP contribution in [0.5, 0.6) is 0 Å². The predicted octanol–water partition coefficient (Wildman–Crippen LogP) is 2.99. The number of nitrogens with zero attached hydrogens (tertiary/aromatic N) is 3. The summed E-state index contributed by atoms with van der Waals surface area (Å²) in [5, 5.41) is 2.84. The first kappa shape index (κ1) is 17.5. The van der Waals surface area contributed by atoms with E-state index in [9.17, 15) is 14.0 Å². The number of piperidine rings is 1. The van der Waals surface area contributed by atoms with Gasteiger partial charge in [0.25, 0.3) is 5.91 Å². The molecular weight excluding hydrogens is 347 g/mol. The molecule has 27 heavy (non-hydrogen) atoms. The number of carbonyl (C=O) groups excluding carboxylic acids is 2. The molecule has 4 heterocycles. The van der Waals surface area contributed by atoms with Crippen molar-refractivity contribution >= 4 is 17.6 Å². The number of amides is 3. The number of hydrogen-bond donors (Lipinski definition) is 1. The van der Waals surface area contributed by atoms with Gasteiger partial charge in [-0.05, 0) is 55.2 Å². The number of hydrogen-bond acceptors (Lipinski definition) is 3. The third-order valence-electron chi connectivity index (χ3n) is 5.28. The van der Waals surface area contributed by atoms with Gasteiger partial charge in [0.1, 0.15) is 5.82 Å². The lowest BCUT2D eigenvalue weighted by Crippen LogP contribution is -2.49. The van der Waals surface area contributed by atoms with Crippen LogP contribution in [0.2, 0.25) is 0 Å². The molecule has 3 aliphatic rings. The Bertz CT molecular complexity index is 828. The van der Waals surface area contributed by atoms with E-state index in [0.717, 1.165) is 12.8 Å². The average molecular weight is 368 g/mol. The van der Waals surface area contributed by atoms with Crippen molar-refractivity contribution in [2.75, 3.05) is 25.0 Å². The van der Waals surface area contributed by atoms with E-state index < -0.39 is 0 Å². The molecule has 5 rings (SSSR count). The van der Waals surface area contributed by atoms with Crippen LogP contribution in [0.15, 0.2) is 48.8 Å². The highest BCUT2D eigenvalue weighted by Gasteiger charge is 2.38. The molecule has 3 amide bonds. The number of rotatable bonds is 2. The smallest absolute Gasteiger partial charge is 0.322 e. The second-order valence-electron chi connectivity index (χ2n) is 7.13. The summed E-state index contributed by atoms with van der Waals surface area (Å²) in [6.45, 7) is 1.80. The first-order valence-corrected chi connectivity index (χ1v) is 9.12. The number of pyridine rings is 1. The van der Waals surface area contributed by atoms with Crippen LogP contribution in [-0.2, 0) is 0 Å². The summed E-state index contributed by atoms with van der Waals surface area (Å²) in [5.74, 6) is -0.101. The van der Waals surface area contributed by atoms with E-state index in [2.05, 4.69) is 10.3 Å². The van der Waals surface area contributed by atoms with Crippen LogP contribution in [0.25, 0.3) is 0 Å².